The third-order valence-corrected chi connectivity index (χ3v) is 3.40. The molecule has 3 rings (SSSR count). The molecule has 0 aliphatic rings. The van der Waals surface area contributed by atoms with Crippen molar-refractivity contribution in [3.8, 4) is 0 Å². The summed E-state index contributed by atoms with van der Waals surface area (Å²) in [5.74, 6) is 0.816. The van der Waals surface area contributed by atoms with E-state index in [4.69, 9.17) is 11.5 Å². The Labute approximate surface area is 107 Å². The van der Waals surface area contributed by atoms with E-state index in [1.165, 1.54) is 0 Å². The zero-order chi connectivity index (χ0) is 12.5. The highest BCUT2D eigenvalue weighted by molar-refractivity contribution is 7.18. The van der Waals surface area contributed by atoms with Crippen molar-refractivity contribution in [1.29, 1.82) is 0 Å². The van der Waals surface area contributed by atoms with Crippen LogP contribution < -0.4 is 11.5 Å². The summed E-state index contributed by atoms with van der Waals surface area (Å²) in [6.07, 6.45) is 0.510. The first-order valence-corrected chi connectivity index (χ1v) is 6.13. The molecule has 0 atom stereocenters. The zero-order valence-corrected chi connectivity index (χ0v) is 10.2. The number of hydrogen-bond donors (Lipinski definition) is 2. The number of benzene rings is 1. The fourth-order valence-corrected chi connectivity index (χ4v) is 2.63. The van der Waals surface area contributed by atoms with E-state index in [1.807, 2.05) is 24.3 Å². The van der Waals surface area contributed by atoms with Crippen molar-refractivity contribution in [2.24, 2.45) is 0 Å². The normalized spacial score (nSPS) is 10.9. The molecule has 0 unspecified atom stereocenters. The lowest BCUT2D eigenvalue weighted by Gasteiger charge is -1.99. The minimum atomic E-state index is 0.138. The maximum absolute atomic E-state index is 5.53. The Balaban J connectivity index is 1.96. The zero-order valence-electron chi connectivity index (χ0n) is 9.37. The Kier molecular flexibility index (Phi) is 2.52. The topological polar surface area (TPSA) is 104 Å². The van der Waals surface area contributed by atoms with Gasteiger partial charge in [-0.1, -0.05) is 12.1 Å². The fraction of sp³-hybridized carbons (Fsp3) is 0.0909. The van der Waals surface area contributed by atoms with E-state index in [-0.39, 0.29) is 11.9 Å². The van der Waals surface area contributed by atoms with E-state index >= 15 is 0 Å². The van der Waals surface area contributed by atoms with Crippen LogP contribution in [-0.2, 0) is 6.42 Å². The summed E-state index contributed by atoms with van der Waals surface area (Å²) in [7, 11) is 0. The van der Waals surface area contributed by atoms with Crippen molar-refractivity contribution < 1.29 is 0 Å². The van der Waals surface area contributed by atoms with Gasteiger partial charge in [-0.25, -0.2) is 4.98 Å². The number of thiazole rings is 1. The van der Waals surface area contributed by atoms with Crippen LogP contribution in [-0.4, -0.2) is 19.9 Å². The minimum Gasteiger partial charge on any atom is -0.368 e. The molecule has 0 radical (unpaired) electrons. The molecule has 90 valence electrons. The molecular formula is C11H10N6S. The number of nitrogen functional groups attached to an aromatic ring is 2. The van der Waals surface area contributed by atoms with Gasteiger partial charge in [0.25, 0.3) is 0 Å². The molecule has 18 heavy (non-hydrogen) atoms. The van der Waals surface area contributed by atoms with Crippen LogP contribution in [0.25, 0.3) is 10.2 Å². The SMILES string of the molecule is Nc1nc(N)nc(Cc2nc3ccccc3s2)n1. The number of para-hydroxylation sites is 1. The molecule has 0 saturated carbocycles. The highest BCUT2D eigenvalue weighted by Crippen LogP contribution is 2.22. The van der Waals surface area contributed by atoms with E-state index in [0.29, 0.717) is 12.2 Å². The number of aromatic nitrogens is 4. The van der Waals surface area contributed by atoms with E-state index in [0.717, 1.165) is 15.2 Å². The van der Waals surface area contributed by atoms with Crippen molar-refractivity contribution in [2.45, 2.75) is 6.42 Å². The number of fused-ring (bicyclic) bond motifs is 1. The smallest absolute Gasteiger partial charge is 0.225 e. The predicted molar refractivity (Wildman–Crippen MR) is 71.1 cm³/mol. The Morgan fingerprint density at radius 1 is 0.944 bits per heavy atom. The molecule has 0 aliphatic carbocycles. The highest BCUT2D eigenvalue weighted by atomic mass is 32.1. The first kappa shape index (κ1) is 10.8. The minimum absolute atomic E-state index is 0.138. The van der Waals surface area contributed by atoms with Crippen molar-refractivity contribution in [3.05, 3.63) is 35.1 Å². The molecule has 7 heteroatoms. The van der Waals surface area contributed by atoms with Crippen molar-refractivity contribution in [2.75, 3.05) is 11.5 Å². The molecule has 4 N–H and O–H groups in total. The first-order valence-electron chi connectivity index (χ1n) is 5.31. The Morgan fingerprint density at radius 2 is 1.67 bits per heavy atom. The molecule has 0 saturated heterocycles. The van der Waals surface area contributed by atoms with Crippen LogP contribution in [0.1, 0.15) is 10.8 Å². The van der Waals surface area contributed by atoms with Crippen molar-refractivity contribution in [1.82, 2.24) is 19.9 Å². The van der Waals surface area contributed by atoms with Crippen LogP contribution in [0.15, 0.2) is 24.3 Å². The molecule has 3 aromatic rings. The van der Waals surface area contributed by atoms with Gasteiger partial charge in [0, 0.05) is 0 Å². The number of anilines is 2. The average Bonchev–Trinajstić information content (AvgIpc) is 2.69. The average molecular weight is 258 g/mol. The number of nitrogens with two attached hydrogens (primary N) is 2. The molecular weight excluding hydrogens is 248 g/mol. The van der Waals surface area contributed by atoms with Crippen molar-refractivity contribution >= 4 is 33.5 Å². The number of rotatable bonds is 2. The van der Waals surface area contributed by atoms with Crippen LogP contribution in [0.4, 0.5) is 11.9 Å². The number of nitrogens with zero attached hydrogens (tertiary/aromatic N) is 4. The Morgan fingerprint density at radius 3 is 2.39 bits per heavy atom. The van der Waals surface area contributed by atoms with Gasteiger partial charge in [0.15, 0.2) is 0 Å². The lowest BCUT2D eigenvalue weighted by molar-refractivity contribution is 0.934. The van der Waals surface area contributed by atoms with Crippen LogP contribution in [0.5, 0.6) is 0 Å². The van der Waals surface area contributed by atoms with Crippen LogP contribution in [0.2, 0.25) is 0 Å². The van der Waals surface area contributed by atoms with Gasteiger partial charge in [0.05, 0.1) is 16.6 Å². The maximum Gasteiger partial charge on any atom is 0.225 e. The summed E-state index contributed by atoms with van der Waals surface area (Å²) in [5.41, 5.74) is 12.0. The molecule has 2 aromatic heterocycles. The summed E-state index contributed by atoms with van der Waals surface area (Å²) >= 11 is 1.61. The fourth-order valence-electron chi connectivity index (χ4n) is 1.67. The van der Waals surface area contributed by atoms with Crippen LogP contribution >= 0.6 is 11.3 Å². The third kappa shape index (κ3) is 2.07. The molecule has 2 heterocycles. The van der Waals surface area contributed by atoms with Crippen molar-refractivity contribution in [3.63, 3.8) is 0 Å². The second-order valence-corrected chi connectivity index (χ2v) is 4.84. The number of hydrogen-bond acceptors (Lipinski definition) is 7. The lowest BCUT2D eigenvalue weighted by atomic mass is 10.3. The molecule has 6 nitrogen and oxygen atoms in total. The first-order chi connectivity index (χ1) is 8.70. The van der Waals surface area contributed by atoms with Gasteiger partial charge in [-0.3, -0.25) is 0 Å². The summed E-state index contributed by atoms with van der Waals surface area (Å²) in [4.78, 5) is 16.3. The van der Waals surface area contributed by atoms with Gasteiger partial charge < -0.3 is 11.5 Å². The Bertz CT molecular complexity index is 654. The van der Waals surface area contributed by atoms with Gasteiger partial charge in [-0.05, 0) is 12.1 Å². The van der Waals surface area contributed by atoms with E-state index < -0.39 is 0 Å². The lowest BCUT2D eigenvalue weighted by Crippen LogP contribution is -2.07. The molecule has 0 bridgehead atoms. The second kappa shape index (κ2) is 4.19. The summed E-state index contributed by atoms with van der Waals surface area (Å²) in [6.45, 7) is 0. The summed E-state index contributed by atoms with van der Waals surface area (Å²) in [6, 6.07) is 7.96. The van der Waals surface area contributed by atoms with Gasteiger partial charge >= 0.3 is 0 Å². The molecule has 0 amide bonds. The van der Waals surface area contributed by atoms with E-state index in [2.05, 4.69) is 19.9 Å². The third-order valence-electron chi connectivity index (χ3n) is 2.36. The summed E-state index contributed by atoms with van der Waals surface area (Å²) < 4.78 is 1.14. The van der Waals surface area contributed by atoms with Crippen LogP contribution in [0.3, 0.4) is 0 Å². The largest absolute Gasteiger partial charge is 0.368 e. The van der Waals surface area contributed by atoms with Gasteiger partial charge in [-0.15, -0.1) is 11.3 Å². The monoisotopic (exact) mass is 258 g/mol. The molecule has 0 spiro atoms. The quantitative estimate of drug-likeness (QED) is 0.716. The highest BCUT2D eigenvalue weighted by Gasteiger charge is 2.08. The maximum atomic E-state index is 5.53. The van der Waals surface area contributed by atoms with Crippen LogP contribution in [0, 0.1) is 0 Å². The molecule has 0 fully saturated rings. The predicted octanol–water partition coefficient (Wildman–Crippen LogP) is 1.24. The second-order valence-electron chi connectivity index (χ2n) is 3.72. The molecule has 0 aliphatic heterocycles. The van der Waals surface area contributed by atoms with Gasteiger partial charge in [0.1, 0.15) is 10.8 Å². The Hall–Kier alpha value is -2.28. The van der Waals surface area contributed by atoms with E-state index in [1.54, 1.807) is 11.3 Å². The van der Waals surface area contributed by atoms with Gasteiger partial charge in [-0.2, -0.15) is 15.0 Å². The molecule has 1 aromatic carbocycles. The van der Waals surface area contributed by atoms with E-state index in [9.17, 15) is 0 Å². The summed E-state index contributed by atoms with van der Waals surface area (Å²) in [5, 5.41) is 0.932. The standard InChI is InChI=1S/C11H10N6S/c12-10-15-8(16-11(13)17-10)5-9-14-6-3-1-2-4-7(6)18-9/h1-4H,5H2,(H4,12,13,15,16,17). The van der Waals surface area contributed by atoms with Gasteiger partial charge in [0.2, 0.25) is 11.9 Å².